The van der Waals surface area contributed by atoms with Gasteiger partial charge < -0.3 is 15.2 Å². The maximum atomic E-state index is 11.8. The van der Waals surface area contributed by atoms with Crippen molar-refractivity contribution in [2.45, 2.75) is 38.6 Å². The Morgan fingerprint density at radius 1 is 1.42 bits per heavy atom. The summed E-state index contributed by atoms with van der Waals surface area (Å²) in [5.74, 6) is 0.837. The van der Waals surface area contributed by atoms with Crippen LogP contribution in [-0.4, -0.2) is 30.8 Å². The van der Waals surface area contributed by atoms with Gasteiger partial charge in [-0.05, 0) is 30.9 Å². The van der Waals surface area contributed by atoms with Gasteiger partial charge in [-0.1, -0.05) is 25.1 Å². The Morgan fingerprint density at radius 2 is 2.16 bits per heavy atom. The van der Waals surface area contributed by atoms with Crippen molar-refractivity contribution in [3.8, 4) is 5.75 Å². The van der Waals surface area contributed by atoms with Crippen molar-refractivity contribution in [1.29, 1.82) is 0 Å². The first kappa shape index (κ1) is 15.5. The molecule has 4 nitrogen and oxygen atoms in total. The molecule has 1 aromatic rings. The summed E-state index contributed by atoms with van der Waals surface area (Å²) in [5, 5.41) is 11.8. The van der Waals surface area contributed by atoms with E-state index in [2.05, 4.69) is 5.32 Å². The van der Waals surface area contributed by atoms with Crippen LogP contribution in [0.15, 0.2) is 24.3 Å². The van der Waals surface area contributed by atoms with E-state index < -0.39 is 0 Å². The molecule has 0 aliphatic heterocycles. The van der Waals surface area contributed by atoms with E-state index in [-0.39, 0.29) is 18.6 Å². The zero-order chi connectivity index (χ0) is 14.1. The molecular formula is C15H23NO3. The molecule has 1 aromatic carbocycles. The maximum absolute atomic E-state index is 11.8. The van der Waals surface area contributed by atoms with Crippen molar-refractivity contribution in [3.63, 3.8) is 0 Å². The van der Waals surface area contributed by atoms with Gasteiger partial charge in [-0.25, -0.2) is 0 Å². The Morgan fingerprint density at radius 3 is 2.79 bits per heavy atom. The van der Waals surface area contributed by atoms with Crippen LogP contribution in [0.1, 0.15) is 31.7 Å². The summed E-state index contributed by atoms with van der Waals surface area (Å²) in [4.78, 5) is 11.8. The Balaban J connectivity index is 2.45. The lowest BCUT2D eigenvalue weighted by molar-refractivity contribution is -0.121. The fourth-order valence-corrected chi connectivity index (χ4v) is 1.99. The molecular weight excluding hydrogens is 242 g/mol. The predicted octanol–water partition coefficient (Wildman–Crippen LogP) is 1.91. The number of benzene rings is 1. The Hall–Kier alpha value is -1.55. The number of aryl methyl sites for hydroxylation is 1. The molecule has 1 amide bonds. The average molecular weight is 265 g/mol. The summed E-state index contributed by atoms with van der Waals surface area (Å²) in [5.41, 5.74) is 1.04. The third-order valence-corrected chi connectivity index (χ3v) is 3.15. The van der Waals surface area contributed by atoms with Crippen molar-refractivity contribution in [3.05, 3.63) is 29.8 Å². The van der Waals surface area contributed by atoms with E-state index in [9.17, 15) is 4.79 Å². The Kier molecular flexibility index (Phi) is 6.97. The summed E-state index contributed by atoms with van der Waals surface area (Å²) in [7, 11) is 1.63. The summed E-state index contributed by atoms with van der Waals surface area (Å²) in [6.07, 6.45) is 2.53. The van der Waals surface area contributed by atoms with Crippen LogP contribution in [0.5, 0.6) is 5.75 Å². The van der Waals surface area contributed by atoms with E-state index in [1.54, 1.807) is 7.11 Å². The predicted molar refractivity (Wildman–Crippen MR) is 75.2 cm³/mol. The normalized spacial score (nSPS) is 11.9. The highest BCUT2D eigenvalue weighted by Crippen LogP contribution is 2.18. The Labute approximate surface area is 114 Å². The number of rotatable bonds is 8. The molecule has 0 aromatic heterocycles. The minimum absolute atomic E-state index is 0.0196. The molecule has 0 aliphatic carbocycles. The first-order valence-corrected chi connectivity index (χ1v) is 6.73. The summed E-state index contributed by atoms with van der Waals surface area (Å²) >= 11 is 0. The van der Waals surface area contributed by atoms with Crippen LogP contribution in [0, 0.1) is 0 Å². The minimum atomic E-state index is 0.0196. The first-order valence-electron chi connectivity index (χ1n) is 6.73. The molecule has 0 radical (unpaired) electrons. The highest BCUT2D eigenvalue weighted by molar-refractivity contribution is 5.76. The largest absolute Gasteiger partial charge is 0.496 e. The number of para-hydroxylation sites is 1. The van der Waals surface area contributed by atoms with Gasteiger partial charge in [0.2, 0.25) is 5.91 Å². The van der Waals surface area contributed by atoms with Gasteiger partial charge in [-0.15, -0.1) is 0 Å². The number of carbonyl (C=O) groups is 1. The second-order valence-corrected chi connectivity index (χ2v) is 4.50. The minimum Gasteiger partial charge on any atom is -0.496 e. The van der Waals surface area contributed by atoms with Gasteiger partial charge >= 0.3 is 0 Å². The second-order valence-electron chi connectivity index (χ2n) is 4.50. The van der Waals surface area contributed by atoms with Gasteiger partial charge in [0.05, 0.1) is 7.11 Å². The third-order valence-electron chi connectivity index (χ3n) is 3.15. The topological polar surface area (TPSA) is 58.6 Å². The lowest BCUT2D eigenvalue weighted by atomic mass is 10.1. The van der Waals surface area contributed by atoms with Gasteiger partial charge in [-0.3, -0.25) is 4.79 Å². The highest BCUT2D eigenvalue weighted by Gasteiger charge is 2.10. The van der Waals surface area contributed by atoms with Gasteiger partial charge in [0.1, 0.15) is 5.75 Å². The number of nitrogens with one attached hydrogen (secondary N) is 1. The third kappa shape index (κ3) is 5.30. The zero-order valence-electron chi connectivity index (χ0n) is 11.7. The molecule has 0 fully saturated rings. The van der Waals surface area contributed by atoms with Crippen LogP contribution in [0.3, 0.4) is 0 Å². The van der Waals surface area contributed by atoms with Crippen LogP contribution >= 0.6 is 0 Å². The molecule has 2 N–H and O–H groups in total. The number of hydrogen-bond acceptors (Lipinski definition) is 3. The van der Waals surface area contributed by atoms with Crippen molar-refractivity contribution in [1.82, 2.24) is 5.32 Å². The molecule has 0 saturated carbocycles. The SMILES string of the molecule is CCC(CCO)NC(=O)CCc1ccccc1OC. The van der Waals surface area contributed by atoms with E-state index in [1.165, 1.54) is 0 Å². The van der Waals surface area contributed by atoms with E-state index in [1.807, 2.05) is 31.2 Å². The van der Waals surface area contributed by atoms with Crippen LogP contribution in [-0.2, 0) is 11.2 Å². The Bertz CT molecular complexity index is 393. The van der Waals surface area contributed by atoms with Gasteiger partial charge in [0, 0.05) is 19.1 Å². The van der Waals surface area contributed by atoms with Crippen molar-refractivity contribution >= 4 is 5.91 Å². The van der Waals surface area contributed by atoms with E-state index in [0.717, 1.165) is 17.7 Å². The van der Waals surface area contributed by atoms with E-state index >= 15 is 0 Å². The van der Waals surface area contributed by atoms with Crippen LogP contribution in [0.25, 0.3) is 0 Å². The molecule has 1 atom stereocenters. The number of amides is 1. The van der Waals surface area contributed by atoms with E-state index in [4.69, 9.17) is 9.84 Å². The molecule has 106 valence electrons. The number of aliphatic hydroxyl groups is 1. The molecule has 0 aliphatic rings. The molecule has 1 rings (SSSR count). The molecule has 19 heavy (non-hydrogen) atoms. The number of hydrogen-bond donors (Lipinski definition) is 2. The average Bonchev–Trinajstić information content (AvgIpc) is 2.44. The summed E-state index contributed by atoms with van der Waals surface area (Å²) in [6, 6.07) is 7.79. The monoisotopic (exact) mass is 265 g/mol. The molecule has 0 spiro atoms. The lowest BCUT2D eigenvalue weighted by Crippen LogP contribution is -2.35. The van der Waals surface area contributed by atoms with Crippen LogP contribution in [0.4, 0.5) is 0 Å². The fraction of sp³-hybridized carbons (Fsp3) is 0.533. The van der Waals surface area contributed by atoms with Crippen molar-refractivity contribution in [2.75, 3.05) is 13.7 Å². The maximum Gasteiger partial charge on any atom is 0.220 e. The van der Waals surface area contributed by atoms with E-state index in [0.29, 0.717) is 19.3 Å². The van der Waals surface area contributed by atoms with Crippen LogP contribution < -0.4 is 10.1 Å². The molecule has 4 heteroatoms. The highest BCUT2D eigenvalue weighted by atomic mass is 16.5. The van der Waals surface area contributed by atoms with Gasteiger partial charge in [0.25, 0.3) is 0 Å². The lowest BCUT2D eigenvalue weighted by Gasteiger charge is -2.16. The molecule has 0 bridgehead atoms. The first-order chi connectivity index (χ1) is 9.21. The molecule has 1 unspecified atom stereocenters. The van der Waals surface area contributed by atoms with Gasteiger partial charge in [0.15, 0.2) is 0 Å². The number of aliphatic hydroxyl groups excluding tert-OH is 1. The van der Waals surface area contributed by atoms with Gasteiger partial charge in [-0.2, -0.15) is 0 Å². The standard InChI is InChI=1S/C15H23NO3/c1-3-13(10-11-17)16-15(18)9-8-12-6-4-5-7-14(12)19-2/h4-7,13,17H,3,8-11H2,1-2H3,(H,16,18). The number of methoxy groups -OCH3 is 1. The smallest absolute Gasteiger partial charge is 0.220 e. The number of ether oxygens (including phenoxy) is 1. The fourth-order valence-electron chi connectivity index (χ4n) is 1.99. The van der Waals surface area contributed by atoms with Crippen LogP contribution in [0.2, 0.25) is 0 Å². The molecule has 0 saturated heterocycles. The second kappa shape index (κ2) is 8.53. The summed E-state index contributed by atoms with van der Waals surface area (Å²) in [6.45, 7) is 2.10. The summed E-state index contributed by atoms with van der Waals surface area (Å²) < 4.78 is 5.25. The molecule has 0 heterocycles. The number of carbonyl (C=O) groups excluding carboxylic acids is 1. The van der Waals surface area contributed by atoms with Crippen molar-refractivity contribution in [2.24, 2.45) is 0 Å². The van der Waals surface area contributed by atoms with Crippen molar-refractivity contribution < 1.29 is 14.6 Å². The zero-order valence-corrected chi connectivity index (χ0v) is 11.7. The quantitative estimate of drug-likeness (QED) is 0.755.